The van der Waals surface area contributed by atoms with Gasteiger partial charge in [-0.3, -0.25) is 0 Å². The van der Waals surface area contributed by atoms with Gasteiger partial charge in [0.15, 0.2) is 0 Å². The Labute approximate surface area is 56.2 Å². The van der Waals surface area contributed by atoms with Crippen LogP contribution in [0.3, 0.4) is 0 Å². The van der Waals surface area contributed by atoms with Gasteiger partial charge in [0.05, 0.1) is 5.60 Å². The first-order chi connectivity index (χ1) is 3.71. The van der Waals surface area contributed by atoms with Crippen molar-refractivity contribution in [2.45, 2.75) is 46.1 Å². The standard InChI is InChI=1S/C7H15FO/c1-6(2,3)9-7(4,5)8/h1-5H3. The molecule has 0 aromatic heterocycles. The molecular weight excluding hydrogens is 119 g/mol. The van der Waals surface area contributed by atoms with Crippen LogP contribution in [-0.4, -0.2) is 11.5 Å². The van der Waals surface area contributed by atoms with Gasteiger partial charge in [0.1, 0.15) is 0 Å². The third-order valence-corrected chi connectivity index (χ3v) is 0.549. The van der Waals surface area contributed by atoms with Gasteiger partial charge in [0, 0.05) is 0 Å². The summed E-state index contributed by atoms with van der Waals surface area (Å²) in [6.45, 7) is 8.29. The maximum atomic E-state index is 12.7. The SMILES string of the molecule is CC(C)(C)OC(C)(C)F. The highest BCUT2D eigenvalue weighted by molar-refractivity contribution is 4.63. The Hall–Kier alpha value is -0.110. The third kappa shape index (κ3) is 7.89. The van der Waals surface area contributed by atoms with E-state index in [1.54, 1.807) is 0 Å². The summed E-state index contributed by atoms with van der Waals surface area (Å²) in [5, 5.41) is 0. The van der Waals surface area contributed by atoms with Gasteiger partial charge in [-0.1, -0.05) is 0 Å². The molecule has 0 bridgehead atoms. The number of halogens is 1. The lowest BCUT2D eigenvalue weighted by molar-refractivity contribution is -0.183. The first-order valence-corrected chi connectivity index (χ1v) is 3.10. The molecule has 0 unspecified atom stereocenters. The predicted octanol–water partition coefficient (Wildman–Crippen LogP) is 2.51. The molecule has 0 rings (SSSR count). The first-order valence-electron chi connectivity index (χ1n) is 3.10. The van der Waals surface area contributed by atoms with E-state index in [4.69, 9.17) is 4.74 Å². The van der Waals surface area contributed by atoms with Crippen LogP contribution in [0.4, 0.5) is 4.39 Å². The molecule has 0 fully saturated rings. The fraction of sp³-hybridized carbons (Fsp3) is 1.00. The molecule has 0 aliphatic carbocycles. The smallest absolute Gasteiger partial charge is 0.203 e. The van der Waals surface area contributed by atoms with Crippen LogP contribution in [0.25, 0.3) is 0 Å². The Kier molecular flexibility index (Phi) is 2.23. The Morgan fingerprint density at radius 1 is 1.00 bits per heavy atom. The summed E-state index contributed by atoms with van der Waals surface area (Å²) < 4.78 is 17.6. The average molecular weight is 134 g/mol. The highest BCUT2D eigenvalue weighted by Gasteiger charge is 2.23. The number of rotatable bonds is 1. The lowest BCUT2D eigenvalue weighted by Gasteiger charge is -2.26. The van der Waals surface area contributed by atoms with Crippen molar-refractivity contribution in [3.8, 4) is 0 Å². The van der Waals surface area contributed by atoms with E-state index in [-0.39, 0.29) is 0 Å². The molecule has 0 atom stereocenters. The molecule has 0 saturated carbocycles. The van der Waals surface area contributed by atoms with Gasteiger partial charge in [0.2, 0.25) is 5.85 Å². The Bertz CT molecular complexity index is 74.1. The van der Waals surface area contributed by atoms with Crippen molar-refractivity contribution < 1.29 is 9.13 Å². The molecule has 0 aliphatic heterocycles. The number of alkyl halides is 1. The van der Waals surface area contributed by atoms with E-state index in [1.165, 1.54) is 13.8 Å². The van der Waals surface area contributed by atoms with Gasteiger partial charge in [-0.25, -0.2) is 4.39 Å². The van der Waals surface area contributed by atoms with Gasteiger partial charge < -0.3 is 4.74 Å². The second-order valence-electron chi connectivity index (χ2n) is 3.58. The summed E-state index contributed by atoms with van der Waals surface area (Å²) >= 11 is 0. The normalized spacial score (nSPS) is 14.0. The predicted molar refractivity (Wildman–Crippen MR) is 36.0 cm³/mol. The van der Waals surface area contributed by atoms with E-state index < -0.39 is 11.5 Å². The second-order valence-corrected chi connectivity index (χ2v) is 3.58. The topological polar surface area (TPSA) is 9.23 Å². The molecule has 0 heterocycles. The van der Waals surface area contributed by atoms with Crippen molar-refractivity contribution in [1.29, 1.82) is 0 Å². The van der Waals surface area contributed by atoms with Crippen LogP contribution in [0.1, 0.15) is 34.6 Å². The lowest BCUT2D eigenvalue weighted by atomic mass is 10.2. The summed E-state index contributed by atoms with van der Waals surface area (Å²) in [5.41, 5.74) is -0.391. The molecule has 2 heteroatoms. The lowest BCUT2D eigenvalue weighted by Crippen LogP contribution is -2.30. The van der Waals surface area contributed by atoms with Crippen LogP contribution in [0.2, 0.25) is 0 Å². The molecule has 0 N–H and O–H groups in total. The molecule has 0 spiro atoms. The van der Waals surface area contributed by atoms with Crippen LogP contribution >= 0.6 is 0 Å². The number of ether oxygens (including phenoxy) is 1. The average Bonchev–Trinajstić information content (AvgIpc) is 1.14. The van der Waals surface area contributed by atoms with E-state index in [0.717, 1.165) is 0 Å². The molecule has 0 amide bonds. The molecule has 1 nitrogen and oxygen atoms in total. The fourth-order valence-corrected chi connectivity index (χ4v) is 0.728. The molecule has 0 saturated heterocycles. The molecule has 0 aromatic carbocycles. The first kappa shape index (κ1) is 8.89. The van der Waals surface area contributed by atoms with Crippen LogP contribution < -0.4 is 0 Å². The van der Waals surface area contributed by atoms with E-state index in [1.807, 2.05) is 20.8 Å². The maximum absolute atomic E-state index is 12.7. The minimum atomic E-state index is -1.52. The van der Waals surface area contributed by atoms with Gasteiger partial charge in [0.25, 0.3) is 0 Å². The highest BCUT2D eigenvalue weighted by Crippen LogP contribution is 2.19. The zero-order valence-electron chi connectivity index (χ0n) is 6.79. The van der Waals surface area contributed by atoms with Crippen LogP contribution in [0.15, 0.2) is 0 Å². The summed E-state index contributed by atoms with van der Waals surface area (Å²) in [7, 11) is 0. The van der Waals surface area contributed by atoms with E-state index in [9.17, 15) is 4.39 Å². The molecule has 9 heavy (non-hydrogen) atoms. The van der Waals surface area contributed by atoms with Crippen LogP contribution in [0, 0.1) is 0 Å². The van der Waals surface area contributed by atoms with Crippen molar-refractivity contribution >= 4 is 0 Å². The molecule has 0 aliphatic rings. The minimum absolute atomic E-state index is 0.391. The van der Waals surface area contributed by atoms with Gasteiger partial charge in [-0.15, -0.1) is 0 Å². The third-order valence-electron chi connectivity index (χ3n) is 0.549. The van der Waals surface area contributed by atoms with E-state index >= 15 is 0 Å². The molecule has 0 radical (unpaired) electrons. The number of hydrogen-bond donors (Lipinski definition) is 0. The van der Waals surface area contributed by atoms with Crippen molar-refractivity contribution in [3.05, 3.63) is 0 Å². The minimum Gasteiger partial charge on any atom is -0.340 e. The summed E-state index contributed by atoms with van der Waals surface area (Å²) in [4.78, 5) is 0. The van der Waals surface area contributed by atoms with Crippen molar-refractivity contribution in [1.82, 2.24) is 0 Å². The van der Waals surface area contributed by atoms with Gasteiger partial charge >= 0.3 is 0 Å². The Morgan fingerprint density at radius 2 is 1.33 bits per heavy atom. The second kappa shape index (κ2) is 2.25. The molecule has 0 aromatic rings. The zero-order valence-corrected chi connectivity index (χ0v) is 6.79. The fourth-order valence-electron chi connectivity index (χ4n) is 0.728. The quantitative estimate of drug-likeness (QED) is 0.535. The van der Waals surface area contributed by atoms with Crippen molar-refractivity contribution in [2.75, 3.05) is 0 Å². The highest BCUT2D eigenvalue weighted by atomic mass is 19.2. The summed E-state index contributed by atoms with van der Waals surface area (Å²) in [6, 6.07) is 0. The van der Waals surface area contributed by atoms with Gasteiger partial charge in [-0.05, 0) is 34.6 Å². The van der Waals surface area contributed by atoms with Crippen molar-refractivity contribution in [2.24, 2.45) is 0 Å². The largest absolute Gasteiger partial charge is 0.340 e. The maximum Gasteiger partial charge on any atom is 0.203 e. The van der Waals surface area contributed by atoms with E-state index in [2.05, 4.69) is 0 Å². The molecule has 56 valence electrons. The summed E-state index contributed by atoms with van der Waals surface area (Å²) in [5.74, 6) is -1.52. The van der Waals surface area contributed by atoms with Crippen LogP contribution in [0.5, 0.6) is 0 Å². The summed E-state index contributed by atoms with van der Waals surface area (Å²) in [6.07, 6.45) is 0. The van der Waals surface area contributed by atoms with Crippen LogP contribution in [-0.2, 0) is 4.74 Å². The molecular formula is C7H15FO. The Balaban J connectivity index is 3.75. The number of hydrogen-bond acceptors (Lipinski definition) is 1. The van der Waals surface area contributed by atoms with Crippen molar-refractivity contribution in [3.63, 3.8) is 0 Å². The Morgan fingerprint density at radius 3 is 1.33 bits per heavy atom. The van der Waals surface area contributed by atoms with E-state index in [0.29, 0.717) is 0 Å². The van der Waals surface area contributed by atoms with Gasteiger partial charge in [-0.2, -0.15) is 0 Å². The zero-order chi connectivity index (χ0) is 7.71. The monoisotopic (exact) mass is 134 g/mol.